The molecule has 0 radical (unpaired) electrons. The van der Waals surface area contributed by atoms with Gasteiger partial charge in [0.15, 0.2) is 0 Å². The summed E-state index contributed by atoms with van der Waals surface area (Å²) in [4.78, 5) is 19.2. The molecule has 0 N–H and O–H groups in total. The molecule has 1 aliphatic heterocycles. The maximum atomic E-state index is 12.9. The van der Waals surface area contributed by atoms with Gasteiger partial charge in [0, 0.05) is 30.9 Å². The quantitative estimate of drug-likeness (QED) is 0.486. The molecule has 0 saturated carbocycles. The average molecular weight is 384 g/mol. The predicted octanol–water partition coefficient (Wildman–Crippen LogP) is 4.52. The first-order valence-corrected chi connectivity index (χ1v) is 9.59. The van der Waals surface area contributed by atoms with Gasteiger partial charge in [-0.25, -0.2) is 4.79 Å². The normalized spacial score (nSPS) is 13.8. The van der Waals surface area contributed by atoms with Crippen LogP contribution < -0.4 is 10.4 Å². The lowest BCUT2D eigenvalue weighted by Gasteiger charge is -2.29. The Hall–Kier alpha value is -3.44. The Morgan fingerprint density at radius 1 is 1.07 bits per heavy atom. The number of hydrogen-bond donors (Lipinski definition) is 0. The maximum absolute atomic E-state index is 12.9. The van der Waals surface area contributed by atoms with E-state index in [1.165, 1.54) is 0 Å². The van der Waals surface area contributed by atoms with Crippen molar-refractivity contribution >= 4 is 11.0 Å². The lowest BCUT2D eigenvalue weighted by Crippen LogP contribution is -2.31. The second kappa shape index (κ2) is 7.18. The Bertz CT molecular complexity index is 1230. The van der Waals surface area contributed by atoms with E-state index in [2.05, 4.69) is 9.88 Å². The highest BCUT2D eigenvalue weighted by molar-refractivity contribution is 5.90. The fourth-order valence-electron chi connectivity index (χ4n) is 3.96. The minimum atomic E-state index is -0.320. The van der Waals surface area contributed by atoms with Crippen LogP contribution in [0.2, 0.25) is 0 Å². The van der Waals surface area contributed by atoms with E-state index in [-0.39, 0.29) is 5.63 Å². The molecule has 2 aromatic carbocycles. The predicted molar refractivity (Wildman–Crippen MR) is 112 cm³/mol. The first-order valence-electron chi connectivity index (χ1n) is 9.59. The number of ether oxygens (including phenoxy) is 1. The molecule has 4 aromatic rings. The van der Waals surface area contributed by atoms with Crippen LogP contribution in [0.1, 0.15) is 16.7 Å². The summed E-state index contributed by atoms with van der Waals surface area (Å²) < 4.78 is 11.8. The molecule has 5 rings (SSSR count). The van der Waals surface area contributed by atoms with E-state index < -0.39 is 0 Å². The van der Waals surface area contributed by atoms with E-state index in [1.807, 2.05) is 67.7 Å². The zero-order valence-corrected chi connectivity index (χ0v) is 16.1. The van der Waals surface area contributed by atoms with Crippen molar-refractivity contribution < 1.29 is 9.15 Å². The van der Waals surface area contributed by atoms with Crippen LogP contribution in [-0.2, 0) is 13.1 Å². The van der Waals surface area contributed by atoms with Gasteiger partial charge < -0.3 is 9.15 Å². The van der Waals surface area contributed by atoms with Crippen molar-refractivity contribution in [3.05, 3.63) is 94.1 Å². The van der Waals surface area contributed by atoms with Gasteiger partial charge in [-0.3, -0.25) is 9.88 Å². The Morgan fingerprint density at radius 2 is 1.93 bits per heavy atom. The lowest BCUT2D eigenvalue weighted by molar-refractivity contribution is 0.0889. The summed E-state index contributed by atoms with van der Waals surface area (Å²) in [6.07, 6.45) is 3.62. The molecule has 0 spiro atoms. The Balaban J connectivity index is 1.58. The molecule has 0 fully saturated rings. The first kappa shape index (κ1) is 17.6. The van der Waals surface area contributed by atoms with E-state index >= 15 is 0 Å². The molecular formula is C24H20N2O3. The monoisotopic (exact) mass is 384 g/mol. The second-order valence-electron chi connectivity index (χ2n) is 7.30. The Kier molecular flexibility index (Phi) is 4.37. The van der Waals surface area contributed by atoms with Gasteiger partial charge in [0.25, 0.3) is 0 Å². The van der Waals surface area contributed by atoms with Crippen molar-refractivity contribution in [3.8, 4) is 16.9 Å². The molecule has 0 amide bonds. The van der Waals surface area contributed by atoms with Crippen molar-refractivity contribution in [3.63, 3.8) is 0 Å². The summed E-state index contributed by atoms with van der Waals surface area (Å²) in [6.45, 7) is 3.83. The molecule has 29 heavy (non-hydrogen) atoms. The van der Waals surface area contributed by atoms with Crippen molar-refractivity contribution in [2.75, 3.05) is 6.73 Å². The molecule has 0 aliphatic carbocycles. The van der Waals surface area contributed by atoms with Crippen molar-refractivity contribution in [1.29, 1.82) is 0 Å². The molecule has 2 aromatic heterocycles. The van der Waals surface area contributed by atoms with E-state index in [0.29, 0.717) is 24.4 Å². The average Bonchev–Trinajstić information content (AvgIpc) is 2.75. The molecule has 0 unspecified atom stereocenters. The fraction of sp³-hybridized carbons (Fsp3) is 0.167. The lowest BCUT2D eigenvalue weighted by atomic mass is 9.97. The highest BCUT2D eigenvalue weighted by Gasteiger charge is 2.23. The number of aryl methyl sites for hydroxylation is 1. The number of fused-ring (bicyclic) bond motifs is 3. The second-order valence-corrected chi connectivity index (χ2v) is 7.30. The van der Waals surface area contributed by atoms with Crippen LogP contribution in [0.25, 0.3) is 22.1 Å². The molecular weight excluding hydrogens is 364 g/mol. The molecule has 0 bridgehead atoms. The first-order chi connectivity index (χ1) is 14.2. The third-order valence-corrected chi connectivity index (χ3v) is 5.37. The highest BCUT2D eigenvalue weighted by atomic mass is 16.5. The zero-order valence-electron chi connectivity index (χ0n) is 16.1. The van der Waals surface area contributed by atoms with Crippen LogP contribution in [-0.4, -0.2) is 16.6 Å². The molecule has 0 atom stereocenters. The third-order valence-electron chi connectivity index (χ3n) is 5.37. The molecule has 3 heterocycles. The van der Waals surface area contributed by atoms with E-state index in [0.717, 1.165) is 39.9 Å². The summed E-state index contributed by atoms with van der Waals surface area (Å²) in [7, 11) is 0. The summed E-state index contributed by atoms with van der Waals surface area (Å²) in [6, 6.07) is 17.6. The van der Waals surface area contributed by atoms with Gasteiger partial charge in [0.2, 0.25) is 0 Å². The minimum absolute atomic E-state index is 0.320. The van der Waals surface area contributed by atoms with Gasteiger partial charge in [-0.05, 0) is 41.8 Å². The molecule has 1 aliphatic rings. The van der Waals surface area contributed by atoms with E-state index in [1.54, 1.807) is 6.20 Å². The van der Waals surface area contributed by atoms with Crippen LogP contribution in [0.3, 0.4) is 0 Å². The molecule has 5 heteroatoms. The van der Waals surface area contributed by atoms with E-state index in [9.17, 15) is 4.79 Å². The van der Waals surface area contributed by atoms with Gasteiger partial charge >= 0.3 is 5.63 Å². The Labute approximate surface area is 168 Å². The Morgan fingerprint density at radius 3 is 2.72 bits per heavy atom. The van der Waals surface area contributed by atoms with E-state index in [4.69, 9.17) is 9.15 Å². The number of aromatic nitrogens is 1. The maximum Gasteiger partial charge on any atom is 0.344 e. The number of benzene rings is 2. The van der Waals surface area contributed by atoms with Crippen LogP contribution >= 0.6 is 0 Å². The number of pyridine rings is 1. The SMILES string of the molecule is Cc1c(-c2ccccc2)c(=O)oc2c3c(ccc12)OCN(Cc1cccnc1)C3. The van der Waals surface area contributed by atoms with Gasteiger partial charge in [0.05, 0.1) is 11.1 Å². The summed E-state index contributed by atoms with van der Waals surface area (Å²) in [5.74, 6) is 0.773. The van der Waals surface area contributed by atoms with Crippen molar-refractivity contribution in [2.24, 2.45) is 0 Å². The van der Waals surface area contributed by atoms with Crippen LogP contribution in [0, 0.1) is 6.92 Å². The largest absolute Gasteiger partial charge is 0.478 e. The molecule has 144 valence electrons. The standard InChI is InChI=1S/C24H20N2O3/c1-16-19-9-10-21-20(14-26(15-28-21)13-17-6-5-11-25-12-17)23(19)29-24(27)22(16)18-7-3-2-4-8-18/h2-12H,13-15H2,1H3. The smallest absolute Gasteiger partial charge is 0.344 e. The van der Waals surface area contributed by atoms with Crippen molar-refractivity contribution in [2.45, 2.75) is 20.0 Å². The van der Waals surface area contributed by atoms with Gasteiger partial charge in [0.1, 0.15) is 18.1 Å². The van der Waals surface area contributed by atoms with Gasteiger partial charge in [-0.2, -0.15) is 0 Å². The third kappa shape index (κ3) is 3.19. The summed E-state index contributed by atoms with van der Waals surface area (Å²) >= 11 is 0. The molecule has 0 saturated heterocycles. The van der Waals surface area contributed by atoms with Gasteiger partial charge in [-0.15, -0.1) is 0 Å². The number of hydrogen-bond acceptors (Lipinski definition) is 5. The van der Waals surface area contributed by atoms with Crippen molar-refractivity contribution in [1.82, 2.24) is 9.88 Å². The van der Waals surface area contributed by atoms with Crippen LogP contribution in [0.4, 0.5) is 0 Å². The minimum Gasteiger partial charge on any atom is -0.478 e. The summed E-state index contributed by atoms with van der Waals surface area (Å²) in [5, 5.41) is 0.939. The number of nitrogens with zero attached hydrogens (tertiary/aromatic N) is 2. The van der Waals surface area contributed by atoms with Crippen LogP contribution in [0.5, 0.6) is 5.75 Å². The number of rotatable bonds is 3. The highest BCUT2D eigenvalue weighted by Crippen LogP contribution is 2.35. The van der Waals surface area contributed by atoms with Crippen LogP contribution in [0.15, 0.2) is 76.2 Å². The molecule has 5 nitrogen and oxygen atoms in total. The zero-order chi connectivity index (χ0) is 19.8. The van der Waals surface area contributed by atoms with Gasteiger partial charge in [-0.1, -0.05) is 36.4 Å². The summed E-state index contributed by atoms with van der Waals surface area (Å²) in [5.41, 5.74) is 4.73. The topological polar surface area (TPSA) is 55.6 Å². The fourth-order valence-corrected chi connectivity index (χ4v) is 3.96.